The van der Waals surface area contributed by atoms with Crippen molar-refractivity contribution in [2.45, 2.75) is 31.7 Å². The van der Waals surface area contributed by atoms with Crippen molar-refractivity contribution in [3.8, 4) is 0 Å². The molecule has 2 fully saturated rings. The molecule has 0 N–H and O–H groups in total. The molecule has 2 saturated heterocycles. The summed E-state index contributed by atoms with van der Waals surface area (Å²) in [6, 6.07) is 6.33. The molecule has 4 rings (SSSR count). The Morgan fingerprint density at radius 3 is 2.95 bits per heavy atom. The number of hydrogen-bond donors (Lipinski definition) is 0. The highest BCUT2D eigenvalue weighted by atomic mass is 16.5. The van der Waals surface area contributed by atoms with Crippen LogP contribution in [0.4, 0.5) is 0 Å². The van der Waals surface area contributed by atoms with Gasteiger partial charge in [-0.3, -0.25) is 4.79 Å². The molecule has 0 aliphatic carbocycles. The SMILES string of the molecule is O=C(C1CCOCC1)N1CCCC1c1cccc2nccn12. The standard InChI is InChI=1S/C17H21N3O2/c21-17(13-6-11-22-12-7-13)20-9-2-4-15(20)14-3-1-5-16-18-8-10-19(14)16/h1,3,5,8,10,13,15H,2,4,6-7,9,11-12H2. The number of carbonyl (C=O) groups is 1. The fraction of sp³-hybridized carbons (Fsp3) is 0.529. The highest BCUT2D eigenvalue weighted by molar-refractivity contribution is 5.79. The second-order valence-electron chi connectivity index (χ2n) is 6.18. The molecular weight excluding hydrogens is 278 g/mol. The van der Waals surface area contributed by atoms with E-state index in [0.717, 1.165) is 37.9 Å². The van der Waals surface area contributed by atoms with E-state index in [1.54, 1.807) is 0 Å². The highest BCUT2D eigenvalue weighted by Gasteiger charge is 2.35. The van der Waals surface area contributed by atoms with Gasteiger partial charge in [-0.05, 0) is 37.8 Å². The number of nitrogens with zero attached hydrogens (tertiary/aromatic N) is 3. The first kappa shape index (κ1) is 13.8. The summed E-state index contributed by atoms with van der Waals surface area (Å²) in [7, 11) is 0. The lowest BCUT2D eigenvalue weighted by Crippen LogP contribution is -2.38. The van der Waals surface area contributed by atoms with Gasteiger partial charge in [0.05, 0.1) is 6.04 Å². The normalized spacial score (nSPS) is 23.3. The highest BCUT2D eigenvalue weighted by Crippen LogP contribution is 2.34. The van der Waals surface area contributed by atoms with Gasteiger partial charge in [0.2, 0.25) is 5.91 Å². The molecule has 0 radical (unpaired) electrons. The molecule has 0 bridgehead atoms. The molecule has 2 aromatic rings. The van der Waals surface area contributed by atoms with Crippen LogP contribution in [-0.4, -0.2) is 40.0 Å². The third-order valence-electron chi connectivity index (χ3n) is 4.91. The minimum absolute atomic E-state index is 0.136. The molecule has 116 valence electrons. The summed E-state index contributed by atoms with van der Waals surface area (Å²) in [5, 5.41) is 0. The Balaban J connectivity index is 1.63. The summed E-state index contributed by atoms with van der Waals surface area (Å²) in [6.07, 6.45) is 7.63. The number of ether oxygens (including phenoxy) is 1. The summed E-state index contributed by atoms with van der Waals surface area (Å²) in [6.45, 7) is 2.30. The summed E-state index contributed by atoms with van der Waals surface area (Å²) in [5.74, 6) is 0.444. The van der Waals surface area contributed by atoms with Crippen molar-refractivity contribution in [1.82, 2.24) is 14.3 Å². The van der Waals surface area contributed by atoms with Crippen molar-refractivity contribution in [1.29, 1.82) is 0 Å². The Hall–Kier alpha value is -1.88. The lowest BCUT2D eigenvalue weighted by atomic mass is 9.98. The van der Waals surface area contributed by atoms with Crippen LogP contribution >= 0.6 is 0 Å². The molecule has 1 unspecified atom stereocenters. The lowest BCUT2D eigenvalue weighted by Gasteiger charge is -2.31. The Morgan fingerprint density at radius 1 is 1.23 bits per heavy atom. The minimum atomic E-state index is 0.136. The number of fused-ring (bicyclic) bond motifs is 1. The maximum absolute atomic E-state index is 12.9. The van der Waals surface area contributed by atoms with Crippen molar-refractivity contribution >= 4 is 11.6 Å². The van der Waals surface area contributed by atoms with Crippen LogP contribution in [0.5, 0.6) is 0 Å². The van der Waals surface area contributed by atoms with Gasteiger partial charge in [0.15, 0.2) is 0 Å². The first-order valence-corrected chi connectivity index (χ1v) is 8.15. The lowest BCUT2D eigenvalue weighted by molar-refractivity contribution is -0.139. The van der Waals surface area contributed by atoms with Gasteiger partial charge >= 0.3 is 0 Å². The van der Waals surface area contributed by atoms with Crippen LogP contribution in [-0.2, 0) is 9.53 Å². The number of pyridine rings is 1. The fourth-order valence-electron chi connectivity index (χ4n) is 3.76. The zero-order chi connectivity index (χ0) is 14.9. The molecule has 0 aromatic carbocycles. The number of rotatable bonds is 2. The summed E-state index contributed by atoms with van der Waals surface area (Å²) in [5.41, 5.74) is 2.12. The van der Waals surface area contributed by atoms with E-state index in [1.807, 2.05) is 24.5 Å². The molecule has 1 amide bonds. The average molecular weight is 299 g/mol. The molecule has 5 heteroatoms. The number of aromatic nitrogens is 2. The Morgan fingerprint density at radius 2 is 2.09 bits per heavy atom. The average Bonchev–Trinajstić information content (AvgIpc) is 3.23. The van der Waals surface area contributed by atoms with Crippen LogP contribution in [0.1, 0.15) is 37.4 Å². The van der Waals surface area contributed by atoms with Crippen LogP contribution in [0.25, 0.3) is 5.65 Å². The van der Waals surface area contributed by atoms with E-state index in [-0.39, 0.29) is 12.0 Å². The summed E-state index contributed by atoms with van der Waals surface area (Å²) < 4.78 is 7.50. The van der Waals surface area contributed by atoms with Gasteiger partial charge in [0, 0.05) is 43.8 Å². The van der Waals surface area contributed by atoms with E-state index >= 15 is 0 Å². The van der Waals surface area contributed by atoms with E-state index in [1.165, 1.54) is 5.69 Å². The van der Waals surface area contributed by atoms with Crippen LogP contribution in [0.2, 0.25) is 0 Å². The second kappa shape index (κ2) is 5.72. The topological polar surface area (TPSA) is 46.8 Å². The first-order chi connectivity index (χ1) is 10.8. The number of imidazole rings is 1. The fourth-order valence-corrected chi connectivity index (χ4v) is 3.76. The molecule has 0 saturated carbocycles. The van der Waals surface area contributed by atoms with Crippen LogP contribution in [0.3, 0.4) is 0 Å². The molecule has 1 atom stereocenters. The number of likely N-dealkylation sites (tertiary alicyclic amines) is 1. The quantitative estimate of drug-likeness (QED) is 0.855. The maximum Gasteiger partial charge on any atom is 0.226 e. The van der Waals surface area contributed by atoms with Gasteiger partial charge in [-0.25, -0.2) is 4.98 Å². The summed E-state index contributed by atoms with van der Waals surface area (Å²) >= 11 is 0. The van der Waals surface area contributed by atoms with Crippen molar-refractivity contribution in [3.63, 3.8) is 0 Å². The monoisotopic (exact) mass is 299 g/mol. The van der Waals surface area contributed by atoms with E-state index in [0.29, 0.717) is 19.1 Å². The molecule has 2 aromatic heterocycles. The van der Waals surface area contributed by atoms with Gasteiger partial charge in [0.25, 0.3) is 0 Å². The largest absolute Gasteiger partial charge is 0.381 e. The second-order valence-corrected chi connectivity index (χ2v) is 6.18. The van der Waals surface area contributed by atoms with Gasteiger partial charge < -0.3 is 14.0 Å². The molecule has 4 heterocycles. The Bertz CT molecular complexity index is 675. The smallest absolute Gasteiger partial charge is 0.226 e. The molecular formula is C17H21N3O2. The van der Waals surface area contributed by atoms with Crippen LogP contribution < -0.4 is 0 Å². The predicted octanol–water partition coefficient (Wildman–Crippen LogP) is 2.42. The van der Waals surface area contributed by atoms with Crippen molar-refractivity contribution in [2.75, 3.05) is 19.8 Å². The maximum atomic E-state index is 12.9. The van der Waals surface area contributed by atoms with Crippen molar-refractivity contribution in [2.24, 2.45) is 5.92 Å². The number of carbonyl (C=O) groups excluding carboxylic acids is 1. The summed E-state index contributed by atoms with van der Waals surface area (Å²) in [4.78, 5) is 19.3. The van der Waals surface area contributed by atoms with Gasteiger partial charge in [-0.15, -0.1) is 0 Å². The van der Waals surface area contributed by atoms with E-state index in [4.69, 9.17) is 4.74 Å². The van der Waals surface area contributed by atoms with E-state index in [9.17, 15) is 4.79 Å². The predicted molar refractivity (Wildman–Crippen MR) is 82.4 cm³/mol. The zero-order valence-electron chi connectivity index (χ0n) is 12.6. The molecule has 0 spiro atoms. The van der Waals surface area contributed by atoms with Gasteiger partial charge in [-0.2, -0.15) is 0 Å². The Labute approximate surface area is 129 Å². The molecule has 2 aliphatic rings. The molecule has 22 heavy (non-hydrogen) atoms. The van der Waals surface area contributed by atoms with Gasteiger partial charge in [0.1, 0.15) is 5.65 Å². The van der Waals surface area contributed by atoms with Crippen molar-refractivity contribution in [3.05, 3.63) is 36.3 Å². The minimum Gasteiger partial charge on any atom is -0.381 e. The number of amides is 1. The third-order valence-corrected chi connectivity index (χ3v) is 4.91. The van der Waals surface area contributed by atoms with E-state index < -0.39 is 0 Å². The van der Waals surface area contributed by atoms with Crippen LogP contribution in [0, 0.1) is 5.92 Å². The van der Waals surface area contributed by atoms with Gasteiger partial charge in [-0.1, -0.05) is 6.07 Å². The first-order valence-electron chi connectivity index (χ1n) is 8.15. The van der Waals surface area contributed by atoms with E-state index in [2.05, 4.69) is 20.4 Å². The van der Waals surface area contributed by atoms with Crippen LogP contribution in [0.15, 0.2) is 30.6 Å². The van der Waals surface area contributed by atoms with Crippen molar-refractivity contribution < 1.29 is 9.53 Å². The zero-order valence-corrected chi connectivity index (χ0v) is 12.6. The molecule has 5 nitrogen and oxygen atoms in total. The number of hydrogen-bond acceptors (Lipinski definition) is 3. The molecule has 2 aliphatic heterocycles. The third kappa shape index (κ3) is 2.29. The Kier molecular flexibility index (Phi) is 3.58.